The predicted molar refractivity (Wildman–Crippen MR) is 72.4 cm³/mol. The van der Waals surface area contributed by atoms with Gasteiger partial charge in [0.15, 0.2) is 0 Å². The highest BCUT2D eigenvalue weighted by Gasteiger charge is 2.22. The van der Waals surface area contributed by atoms with Crippen molar-refractivity contribution in [3.63, 3.8) is 0 Å². The fraction of sp³-hybridized carbons (Fsp3) is 0.385. The average Bonchev–Trinajstić information content (AvgIpc) is 2.37. The third-order valence-corrected chi connectivity index (χ3v) is 2.67. The molecular weight excluding hydrogens is 264 g/mol. The van der Waals surface area contributed by atoms with Gasteiger partial charge in [0.05, 0.1) is 17.4 Å². The fourth-order valence-corrected chi connectivity index (χ4v) is 1.67. The van der Waals surface area contributed by atoms with E-state index < -0.39 is 22.7 Å². The minimum Gasteiger partial charge on any atom is -0.466 e. The summed E-state index contributed by atoms with van der Waals surface area (Å²) in [5, 5.41) is 13.4. The predicted octanol–water partition coefficient (Wildman–Crippen LogP) is 2.22. The maximum Gasteiger partial charge on any atom is 0.313 e. The number of nitrogens with zero attached hydrogens (tertiary/aromatic N) is 1. The van der Waals surface area contributed by atoms with Crippen molar-refractivity contribution >= 4 is 23.3 Å². The molecule has 108 valence electrons. The van der Waals surface area contributed by atoms with Gasteiger partial charge in [-0.3, -0.25) is 19.7 Å². The van der Waals surface area contributed by atoms with E-state index in [0.717, 1.165) is 0 Å². The maximum absolute atomic E-state index is 11.6. The minimum atomic E-state index is -0.611. The lowest BCUT2D eigenvalue weighted by Crippen LogP contribution is -2.14. The Labute approximate surface area is 116 Å². The molecule has 1 aromatic rings. The molecule has 20 heavy (non-hydrogen) atoms. The summed E-state index contributed by atoms with van der Waals surface area (Å²) >= 11 is 0. The average molecular weight is 280 g/mol. The zero-order chi connectivity index (χ0) is 15.3. The van der Waals surface area contributed by atoms with Crippen LogP contribution in [0.3, 0.4) is 0 Å². The maximum atomic E-state index is 11.6. The number of hydrogen-bond donors (Lipinski definition) is 1. The van der Waals surface area contributed by atoms with Gasteiger partial charge in [-0.15, -0.1) is 0 Å². The highest BCUT2D eigenvalue weighted by Crippen LogP contribution is 2.29. The summed E-state index contributed by atoms with van der Waals surface area (Å²) in [5.74, 6) is -1.46. The summed E-state index contributed by atoms with van der Waals surface area (Å²) in [6.07, 6.45) is 0. The normalized spacial score (nSPS) is 11.6. The van der Waals surface area contributed by atoms with Crippen LogP contribution in [-0.2, 0) is 14.3 Å². The fourth-order valence-electron chi connectivity index (χ4n) is 1.67. The molecular formula is C13H16N2O5. The van der Waals surface area contributed by atoms with Crippen molar-refractivity contribution in [2.75, 3.05) is 11.9 Å². The highest BCUT2D eigenvalue weighted by atomic mass is 16.6. The van der Waals surface area contributed by atoms with Gasteiger partial charge in [-0.05, 0) is 25.5 Å². The first-order valence-electron chi connectivity index (χ1n) is 6.09. The first-order chi connectivity index (χ1) is 9.36. The number of esters is 1. The molecule has 7 heteroatoms. The Morgan fingerprint density at radius 1 is 1.45 bits per heavy atom. The lowest BCUT2D eigenvalue weighted by Gasteiger charge is -2.12. The van der Waals surface area contributed by atoms with Gasteiger partial charge < -0.3 is 10.1 Å². The largest absolute Gasteiger partial charge is 0.466 e. The van der Waals surface area contributed by atoms with Gasteiger partial charge in [0, 0.05) is 13.0 Å². The van der Waals surface area contributed by atoms with Crippen LogP contribution in [0.1, 0.15) is 32.3 Å². The van der Waals surface area contributed by atoms with Crippen molar-refractivity contribution in [2.45, 2.75) is 26.7 Å². The number of nitro benzene ring substituents is 1. The molecule has 0 saturated heterocycles. The Kier molecular flexibility index (Phi) is 5.19. The van der Waals surface area contributed by atoms with Crippen molar-refractivity contribution in [3.05, 3.63) is 33.9 Å². The topological polar surface area (TPSA) is 98.5 Å². The summed E-state index contributed by atoms with van der Waals surface area (Å²) in [4.78, 5) is 33.0. The van der Waals surface area contributed by atoms with Crippen molar-refractivity contribution in [3.8, 4) is 0 Å². The first kappa shape index (κ1) is 15.6. The molecule has 1 N–H and O–H groups in total. The van der Waals surface area contributed by atoms with E-state index in [1.807, 2.05) is 0 Å². The van der Waals surface area contributed by atoms with E-state index in [4.69, 9.17) is 4.74 Å². The van der Waals surface area contributed by atoms with E-state index in [9.17, 15) is 19.7 Å². The molecule has 0 spiro atoms. The molecule has 1 atom stereocenters. The van der Waals surface area contributed by atoms with Crippen LogP contribution in [0.2, 0.25) is 0 Å². The van der Waals surface area contributed by atoms with Crippen LogP contribution < -0.4 is 5.32 Å². The Hall–Kier alpha value is -2.44. The number of anilines is 1. The molecule has 0 bridgehead atoms. The number of ether oxygens (including phenoxy) is 1. The lowest BCUT2D eigenvalue weighted by molar-refractivity contribution is -0.384. The first-order valence-corrected chi connectivity index (χ1v) is 6.09. The van der Waals surface area contributed by atoms with Gasteiger partial charge in [0.25, 0.3) is 5.69 Å². The third kappa shape index (κ3) is 3.78. The van der Waals surface area contributed by atoms with Crippen molar-refractivity contribution in [2.24, 2.45) is 0 Å². The van der Waals surface area contributed by atoms with E-state index in [2.05, 4.69) is 5.32 Å². The molecule has 0 saturated carbocycles. The van der Waals surface area contributed by atoms with Crippen LogP contribution in [0, 0.1) is 10.1 Å². The molecule has 0 aliphatic heterocycles. The van der Waals surface area contributed by atoms with Gasteiger partial charge in [-0.2, -0.15) is 0 Å². The molecule has 0 aliphatic carbocycles. The van der Waals surface area contributed by atoms with Gasteiger partial charge in [0.1, 0.15) is 5.69 Å². The molecule has 7 nitrogen and oxygen atoms in total. The summed E-state index contributed by atoms with van der Waals surface area (Å²) in [6.45, 7) is 4.80. The van der Waals surface area contributed by atoms with Crippen LogP contribution >= 0.6 is 0 Å². The Balaban J connectivity index is 3.13. The molecule has 0 aromatic heterocycles. The monoisotopic (exact) mass is 280 g/mol. The van der Waals surface area contributed by atoms with Gasteiger partial charge in [-0.25, -0.2) is 0 Å². The summed E-state index contributed by atoms with van der Waals surface area (Å²) in [5.41, 5.74) is 0.306. The SMILES string of the molecule is CCOC(=O)C(C)c1ccc(NC(C)=O)c([N+](=O)[O-])c1. The molecule has 0 fully saturated rings. The van der Waals surface area contributed by atoms with Crippen LogP contribution in [0.5, 0.6) is 0 Å². The van der Waals surface area contributed by atoms with E-state index in [1.165, 1.54) is 19.1 Å². The second-order valence-electron chi connectivity index (χ2n) is 4.19. The molecule has 1 unspecified atom stereocenters. The van der Waals surface area contributed by atoms with Crippen LogP contribution in [0.4, 0.5) is 11.4 Å². The summed E-state index contributed by atoms with van der Waals surface area (Å²) < 4.78 is 4.87. The number of benzene rings is 1. The molecule has 0 radical (unpaired) electrons. The zero-order valence-electron chi connectivity index (χ0n) is 11.5. The number of nitrogens with one attached hydrogen (secondary N) is 1. The molecule has 1 rings (SSSR count). The number of amides is 1. The van der Waals surface area contributed by atoms with E-state index >= 15 is 0 Å². The molecule has 1 amide bonds. The van der Waals surface area contributed by atoms with Gasteiger partial charge in [0.2, 0.25) is 5.91 Å². The van der Waals surface area contributed by atoms with Crippen LogP contribution in [0.25, 0.3) is 0 Å². The molecule has 0 aliphatic rings. The number of carbonyl (C=O) groups excluding carboxylic acids is 2. The quantitative estimate of drug-likeness (QED) is 0.506. The van der Waals surface area contributed by atoms with Gasteiger partial charge in [-0.1, -0.05) is 6.07 Å². The number of hydrogen-bond acceptors (Lipinski definition) is 5. The van der Waals surface area contributed by atoms with E-state index in [0.29, 0.717) is 5.56 Å². The van der Waals surface area contributed by atoms with E-state index in [1.54, 1.807) is 19.9 Å². The Morgan fingerprint density at radius 3 is 2.60 bits per heavy atom. The van der Waals surface area contributed by atoms with Crippen LogP contribution in [0.15, 0.2) is 18.2 Å². The van der Waals surface area contributed by atoms with Crippen molar-refractivity contribution in [1.29, 1.82) is 0 Å². The van der Waals surface area contributed by atoms with Crippen molar-refractivity contribution in [1.82, 2.24) is 0 Å². The highest BCUT2D eigenvalue weighted by molar-refractivity contribution is 5.91. The smallest absolute Gasteiger partial charge is 0.313 e. The Bertz CT molecular complexity index is 542. The standard InChI is InChI=1S/C13H16N2O5/c1-4-20-13(17)8(2)10-5-6-11(14-9(3)16)12(7-10)15(18)19/h5-8H,4H2,1-3H3,(H,14,16). The number of rotatable bonds is 5. The number of nitro groups is 1. The summed E-state index contributed by atoms with van der Waals surface area (Å²) in [7, 11) is 0. The zero-order valence-corrected chi connectivity index (χ0v) is 11.5. The minimum absolute atomic E-state index is 0.0994. The second kappa shape index (κ2) is 6.65. The Morgan fingerprint density at radius 2 is 2.10 bits per heavy atom. The summed E-state index contributed by atoms with van der Waals surface area (Å²) in [6, 6.07) is 4.23. The second-order valence-corrected chi connectivity index (χ2v) is 4.19. The van der Waals surface area contributed by atoms with Gasteiger partial charge >= 0.3 is 5.97 Å². The molecule has 1 aromatic carbocycles. The van der Waals surface area contributed by atoms with E-state index in [-0.39, 0.29) is 18.0 Å². The molecule has 0 heterocycles. The van der Waals surface area contributed by atoms with Crippen LogP contribution in [-0.4, -0.2) is 23.4 Å². The number of carbonyl (C=O) groups is 2. The lowest BCUT2D eigenvalue weighted by atomic mass is 10.00. The van der Waals surface area contributed by atoms with Crippen molar-refractivity contribution < 1.29 is 19.2 Å². The third-order valence-electron chi connectivity index (χ3n) is 2.67.